The molecule has 0 bridgehead atoms. The molecular weight excluding hydrogens is 407 g/mol. The Bertz CT molecular complexity index is 998. The third-order valence-corrected chi connectivity index (χ3v) is 3.63. The lowest BCUT2D eigenvalue weighted by atomic mass is 10.1. The van der Waals surface area contributed by atoms with Crippen molar-refractivity contribution in [2.75, 3.05) is 30.4 Å². The summed E-state index contributed by atoms with van der Waals surface area (Å²) in [5.74, 6) is -2.91. The van der Waals surface area contributed by atoms with Crippen LogP contribution in [0.1, 0.15) is 10.4 Å². The molecule has 30 heavy (non-hydrogen) atoms. The zero-order valence-electron chi connectivity index (χ0n) is 15.2. The lowest BCUT2D eigenvalue weighted by Gasteiger charge is -2.11. The number of ether oxygens (including phenoxy) is 1. The number of aliphatic hydroxyl groups is 1. The van der Waals surface area contributed by atoms with E-state index < -0.39 is 45.5 Å². The quantitative estimate of drug-likeness (QED) is 0.309. The van der Waals surface area contributed by atoms with Gasteiger partial charge in [0.25, 0.3) is 17.3 Å². The van der Waals surface area contributed by atoms with Crippen molar-refractivity contribution in [2.24, 2.45) is 0 Å². The number of esters is 1. The van der Waals surface area contributed by atoms with Crippen molar-refractivity contribution >= 4 is 34.6 Å². The number of carbonyl (C=O) groups excluding carboxylic acids is 2. The fourth-order valence-corrected chi connectivity index (χ4v) is 2.32. The summed E-state index contributed by atoms with van der Waals surface area (Å²) in [7, 11) is 0. The molecule has 1 amide bonds. The first-order chi connectivity index (χ1) is 14.2. The van der Waals surface area contributed by atoms with Gasteiger partial charge in [-0.25, -0.2) is 9.18 Å². The van der Waals surface area contributed by atoms with Crippen molar-refractivity contribution in [3.8, 4) is 0 Å². The summed E-state index contributed by atoms with van der Waals surface area (Å²) in [6, 6.07) is 5.80. The van der Waals surface area contributed by atoms with Crippen molar-refractivity contribution in [3.05, 3.63) is 68.0 Å². The first-order valence-electron chi connectivity index (χ1n) is 8.27. The maximum atomic E-state index is 13.1. The van der Waals surface area contributed by atoms with E-state index in [1.807, 2.05) is 0 Å². The topological polar surface area (TPSA) is 174 Å². The predicted molar refractivity (Wildman–Crippen MR) is 101 cm³/mol. The molecule has 0 saturated carbocycles. The van der Waals surface area contributed by atoms with Gasteiger partial charge in [-0.15, -0.1) is 0 Å². The minimum atomic E-state index is -1.08. The largest absolute Gasteiger partial charge is 0.452 e. The van der Waals surface area contributed by atoms with Crippen molar-refractivity contribution in [1.29, 1.82) is 0 Å². The Kier molecular flexibility index (Phi) is 7.30. The number of rotatable bonds is 9. The van der Waals surface area contributed by atoms with E-state index in [1.165, 1.54) is 6.07 Å². The van der Waals surface area contributed by atoms with Crippen LogP contribution in [0.2, 0.25) is 0 Å². The molecule has 2 aromatic carbocycles. The highest BCUT2D eigenvalue weighted by molar-refractivity contribution is 5.99. The van der Waals surface area contributed by atoms with Crippen LogP contribution >= 0.6 is 0 Å². The number of carbonyl (C=O) groups is 2. The minimum absolute atomic E-state index is 0.0484. The van der Waals surface area contributed by atoms with Crippen LogP contribution in [0, 0.1) is 26.0 Å². The number of amides is 1. The smallest absolute Gasteiger partial charge is 0.341 e. The Morgan fingerprint density at radius 1 is 1.07 bits per heavy atom. The number of hydrogen-bond donors (Lipinski definition) is 3. The molecule has 158 valence electrons. The number of anilines is 2. The van der Waals surface area contributed by atoms with E-state index in [9.17, 15) is 34.2 Å². The number of benzene rings is 2. The molecule has 3 N–H and O–H groups in total. The van der Waals surface area contributed by atoms with Gasteiger partial charge in [0.15, 0.2) is 6.61 Å². The number of non-ortho nitro benzene ring substituents is 1. The average Bonchev–Trinajstić information content (AvgIpc) is 2.71. The van der Waals surface area contributed by atoms with E-state index in [2.05, 4.69) is 10.6 Å². The van der Waals surface area contributed by atoms with E-state index in [1.54, 1.807) is 0 Å². The molecule has 12 nitrogen and oxygen atoms in total. The lowest BCUT2D eigenvalue weighted by molar-refractivity contribution is -0.384. The number of nitro benzene ring substituents is 2. The molecule has 0 saturated heterocycles. The van der Waals surface area contributed by atoms with Gasteiger partial charge in [-0.1, -0.05) is 0 Å². The molecule has 0 aromatic heterocycles. The summed E-state index contributed by atoms with van der Waals surface area (Å²) >= 11 is 0. The highest BCUT2D eigenvalue weighted by Crippen LogP contribution is 2.25. The highest BCUT2D eigenvalue weighted by atomic mass is 19.1. The highest BCUT2D eigenvalue weighted by Gasteiger charge is 2.21. The van der Waals surface area contributed by atoms with Crippen LogP contribution in [-0.2, 0) is 9.53 Å². The van der Waals surface area contributed by atoms with Gasteiger partial charge >= 0.3 is 5.97 Å². The molecule has 0 atom stereocenters. The maximum absolute atomic E-state index is 13.1. The van der Waals surface area contributed by atoms with Gasteiger partial charge in [0.1, 0.15) is 11.5 Å². The van der Waals surface area contributed by atoms with Crippen LogP contribution in [0.3, 0.4) is 0 Å². The summed E-state index contributed by atoms with van der Waals surface area (Å²) in [6.07, 6.45) is 0. The Hall–Kier alpha value is -4.13. The van der Waals surface area contributed by atoms with E-state index in [4.69, 9.17) is 9.84 Å². The molecule has 0 aliphatic heterocycles. The summed E-state index contributed by atoms with van der Waals surface area (Å²) in [4.78, 5) is 44.5. The normalized spacial score (nSPS) is 10.2. The summed E-state index contributed by atoms with van der Waals surface area (Å²) in [5, 5.41) is 35.6. The molecule has 0 fully saturated rings. The van der Waals surface area contributed by atoms with Gasteiger partial charge in [0, 0.05) is 24.4 Å². The van der Waals surface area contributed by atoms with Crippen molar-refractivity contribution in [3.63, 3.8) is 0 Å². The molecule has 0 aliphatic rings. The summed E-state index contributed by atoms with van der Waals surface area (Å²) < 4.78 is 18.0. The van der Waals surface area contributed by atoms with E-state index in [0.29, 0.717) is 6.07 Å². The Labute approximate surface area is 167 Å². The van der Waals surface area contributed by atoms with Crippen LogP contribution in [0.25, 0.3) is 0 Å². The molecule has 2 rings (SSSR count). The predicted octanol–water partition coefficient (Wildman–Crippen LogP) is 1.84. The zero-order chi connectivity index (χ0) is 22.3. The Balaban J connectivity index is 2.11. The van der Waals surface area contributed by atoms with Crippen LogP contribution < -0.4 is 10.6 Å². The number of nitrogens with one attached hydrogen (secondary N) is 2. The van der Waals surface area contributed by atoms with Crippen LogP contribution in [-0.4, -0.2) is 46.6 Å². The second kappa shape index (κ2) is 9.88. The number of nitro groups is 2. The standard InChI is InChI=1S/C17H15FN4O8/c18-10-1-3-14(15(7-10)22(28)29)20-16(24)9-30-17(25)12-8-11(21(26)27)2-4-13(12)19-5-6-23/h1-4,7-8,19,23H,5-6,9H2,(H,20,24). The molecule has 0 radical (unpaired) electrons. The fraction of sp³-hybridized carbons (Fsp3) is 0.176. The Morgan fingerprint density at radius 3 is 2.40 bits per heavy atom. The second-order valence-electron chi connectivity index (χ2n) is 5.68. The molecule has 0 aliphatic carbocycles. The fourth-order valence-electron chi connectivity index (χ4n) is 2.32. The van der Waals surface area contributed by atoms with Crippen LogP contribution in [0.15, 0.2) is 36.4 Å². The lowest BCUT2D eigenvalue weighted by Crippen LogP contribution is -2.22. The van der Waals surface area contributed by atoms with Gasteiger partial charge in [-0.2, -0.15) is 0 Å². The van der Waals surface area contributed by atoms with Gasteiger partial charge < -0.3 is 20.5 Å². The number of nitrogens with zero attached hydrogens (tertiary/aromatic N) is 2. The number of halogens is 1. The molecular formula is C17H15FN4O8. The van der Waals surface area contributed by atoms with Crippen molar-refractivity contribution in [1.82, 2.24) is 0 Å². The average molecular weight is 422 g/mol. The molecule has 0 spiro atoms. The molecule has 0 unspecified atom stereocenters. The molecule has 13 heteroatoms. The number of aliphatic hydroxyl groups excluding tert-OH is 1. The van der Waals surface area contributed by atoms with Gasteiger partial charge in [0.05, 0.1) is 28.1 Å². The van der Waals surface area contributed by atoms with E-state index in [-0.39, 0.29) is 30.1 Å². The maximum Gasteiger partial charge on any atom is 0.341 e. The first-order valence-corrected chi connectivity index (χ1v) is 8.27. The molecule has 2 aromatic rings. The third-order valence-electron chi connectivity index (χ3n) is 3.63. The second-order valence-corrected chi connectivity index (χ2v) is 5.68. The number of hydrogen-bond acceptors (Lipinski definition) is 9. The first kappa shape index (κ1) is 22.2. The summed E-state index contributed by atoms with van der Waals surface area (Å²) in [6.45, 7) is -1.09. The SMILES string of the molecule is O=C(COC(=O)c1cc([N+](=O)[O-])ccc1NCCO)Nc1ccc(F)cc1[N+](=O)[O-]. The van der Waals surface area contributed by atoms with Gasteiger partial charge in [0.2, 0.25) is 0 Å². The van der Waals surface area contributed by atoms with Crippen LogP contribution in [0.4, 0.5) is 27.1 Å². The monoisotopic (exact) mass is 422 g/mol. The van der Waals surface area contributed by atoms with E-state index >= 15 is 0 Å². The van der Waals surface area contributed by atoms with Gasteiger partial charge in [-0.05, 0) is 18.2 Å². The van der Waals surface area contributed by atoms with Crippen molar-refractivity contribution in [2.45, 2.75) is 0 Å². The third kappa shape index (κ3) is 5.68. The zero-order valence-corrected chi connectivity index (χ0v) is 15.2. The van der Waals surface area contributed by atoms with Crippen molar-refractivity contribution < 1.29 is 33.7 Å². The minimum Gasteiger partial charge on any atom is -0.452 e. The van der Waals surface area contributed by atoms with Gasteiger partial charge in [-0.3, -0.25) is 25.0 Å². The Morgan fingerprint density at radius 2 is 1.77 bits per heavy atom. The van der Waals surface area contributed by atoms with Crippen LogP contribution in [0.5, 0.6) is 0 Å². The summed E-state index contributed by atoms with van der Waals surface area (Å²) in [5.41, 5.74) is -1.51. The molecule has 0 heterocycles. The van der Waals surface area contributed by atoms with E-state index in [0.717, 1.165) is 24.3 Å².